The molecule has 0 saturated heterocycles. The van der Waals surface area contributed by atoms with Gasteiger partial charge < -0.3 is 38.8 Å². The van der Waals surface area contributed by atoms with Crippen LogP contribution in [0.15, 0.2) is 48.5 Å². The molecule has 1 aliphatic rings. The Hall–Kier alpha value is -5.76. The number of hydrogen-bond donors (Lipinski definition) is 2. The zero-order valence-corrected chi connectivity index (χ0v) is 29.2. The average molecular weight is 719 g/mol. The molecule has 0 radical (unpaired) electrons. The molecular formula is C36H35ClN4O10. The summed E-state index contributed by atoms with van der Waals surface area (Å²) >= 11 is 6.50. The molecule has 3 aromatic carbocycles. The van der Waals surface area contributed by atoms with E-state index in [9.17, 15) is 24.5 Å². The van der Waals surface area contributed by atoms with Crippen LogP contribution in [0.3, 0.4) is 0 Å². The van der Waals surface area contributed by atoms with Gasteiger partial charge in [-0.2, -0.15) is 0 Å². The van der Waals surface area contributed by atoms with Crippen LogP contribution in [0.25, 0.3) is 21.7 Å². The van der Waals surface area contributed by atoms with Gasteiger partial charge in [-0.25, -0.2) is 14.2 Å². The normalized spacial score (nSPS) is 15.0. The van der Waals surface area contributed by atoms with E-state index >= 15 is 0 Å². The SMILES string of the molecule is CCOC(=O)c1cc(COC(=O)Nc2cc3c(c4ccccc24)C(CCl)CC3C(=O)c2cc3cc(OC)c(OC)c(OC)c3[nH]2)c([N+](=O)[O-])n1C. The number of methoxy groups -OCH3 is 3. The van der Waals surface area contributed by atoms with Crippen molar-refractivity contribution in [1.29, 1.82) is 0 Å². The molecule has 0 fully saturated rings. The lowest BCUT2D eigenvalue weighted by molar-refractivity contribution is -0.392. The third kappa shape index (κ3) is 6.16. The van der Waals surface area contributed by atoms with Crippen LogP contribution < -0.4 is 19.5 Å². The Bertz CT molecular complexity index is 2210. The standard InChI is InChI=1S/C36H35ClN4O10/c1-6-50-35(43)27-13-20(34(40(27)2)41(45)46)17-51-36(44)39-25-15-23-24(11-19(16-37)29(23)22-10-8-7-9-21(22)25)31(42)26-12-18-14-28(47-3)32(48-4)33(49-5)30(18)38-26/h7-10,12-15,19,24,38H,6,11,16-17H2,1-5H3,(H,39,44). The number of fused-ring (bicyclic) bond motifs is 4. The number of Topliss-reactive ketones (excluding diaryl/α,β-unsaturated/α-hetero) is 1. The van der Waals surface area contributed by atoms with Crippen LogP contribution in [-0.2, 0) is 23.1 Å². The molecule has 14 nitrogen and oxygen atoms in total. The second-order valence-electron chi connectivity index (χ2n) is 11.9. The first kappa shape index (κ1) is 35.1. The van der Waals surface area contributed by atoms with Crippen molar-refractivity contribution in [2.45, 2.75) is 31.8 Å². The molecule has 1 aliphatic carbocycles. The third-order valence-electron chi connectivity index (χ3n) is 9.14. The minimum atomic E-state index is -0.892. The molecule has 2 unspecified atom stereocenters. The number of ether oxygens (including phenoxy) is 5. The molecule has 6 rings (SSSR count). The summed E-state index contributed by atoms with van der Waals surface area (Å²) in [5.74, 6) is -0.589. The lowest BCUT2D eigenvalue weighted by atomic mass is 9.91. The van der Waals surface area contributed by atoms with Crippen LogP contribution >= 0.6 is 11.6 Å². The lowest BCUT2D eigenvalue weighted by Gasteiger charge is -2.16. The van der Waals surface area contributed by atoms with E-state index in [2.05, 4.69) is 10.3 Å². The minimum absolute atomic E-state index is 0.0142. The number of alkyl halides is 1. The first-order valence-electron chi connectivity index (χ1n) is 16.0. The van der Waals surface area contributed by atoms with Crippen molar-refractivity contribution in [2.75, 3.05) is 39.1 Å². The molecule has 5 aromatic rings. The molecule has 1 amide bonds. The fourth-order valence-corrected chi connectivity index (χ4v) is 7.22. The summed E-state index contributed by atoms with van der Waals surface area (Å²) in [5, 5.41) is 16.8. The molecule has 51 heavy (non-hydrogen) atoms. The number of carbonyl (C=O) groups excluding carboxylic acids is 3. The van der Waals surface area contributed by atoms with Gasteiger partial charge in [0.15, 0.2) is 17.3 Å². The highest BCUT2D eigenvalue weighted by atomic mass is 35.5. The highest BCUT2D eigenvalue weighted by Crippen LogP contribution is 2.50. The number of nitrogens with zero attached hydrogens (tertiary/aromatic N) is 2. The first-order valence-corrected chi connectivity index (χ1v) is 16.5. The van der Waals surface area contributed by atoms with E-state index in [1.54, 1.807) is 25.1 Å². The van der Waals surface area contributed by atoms with E-state index in [0.29, 0.717) is 56.9 Å². The van der Waals surface area contributed by atoms with Crippen LogP contribution in [0.2, 0.25) is 0 Å². The van der Waals surface area contributed by atoms with Crippen LogP contribution in [0.4, 0.5) is 16.3 Å². The van der Waals surface area contributed by atoms with Crippen molar-refractivity contribution < 1.29 is 43.0 Å². The van der Waals surface area contributed by atoms with Gasteiger partial charge in [-0.05, 0) is 58.9 Å². The number of anilines is 1. The monoisotopic (exact) mass is 718 g/mol. The van der Waals surface area contributed by atoms with Crippen molar-refractivity contribution in [2.24, 2.45) is 7.05 Å². The number of aromatic nitrogens is 2. The Morgan fingerprint density at radius 2 is 1.75 bits per heavy atom. The Labute approximate surface area is 296 Å². The number of amides is 1. The fraction of sp³-hybridized carbons (Fsp3) is 0.306. The van der Waals surface area contributed by atoms with E-state index < -0.39 is 35.3 Å². The number of nitro groups is 1. The van der Waals surface area contributed by atoms with Crippen molar-refractivity contribution in [3.63, 3.8) is 0 Å². The smallest absolute Gasteiger partial charge is 0.411 e. The predicted molar refractivity (Wildman–Crippen MR) is 189 cm³/mol. The maximum Gasteiger partial charge on any atom is 0.411 e. The van der Waals surface area contributed by atoms with Crippen molar-refractivity contribution in [1.82, 2.24) is 9.55 Å². The average Bonchev–Trinajstić information content (AvgIpc) is 3.82. The largest absolute Gasteiger partial charge is 0.493 e. The second kappa shape index (κ2) is 14.2. The van der Waals surface area contributed by atoms with Gasteiger partial charge >= 0.3 is 17.9 Å². The number of ketones is 1. The van der Waals surface area contributed by atoms with Crippen molar-refractivity contribution >= 4 is 62.6 Å². The number of benzene rings is 3. The molecule has 0 aliphatic heterocycles. The van der Waals surface area contributed by atoms with E-state index in [-0.39, 0.29) is 35.4 Å². The number of rotatable bonds is 12. The Morgan fingerprint density at radius 3 is 2.39 bits per heavy atom. The molecule has 0 spiro atoms. The number of nitrogens with one attached hydrogen (secondary N) is 2. The Balaban J connectivity index is 1.34. The molecule has 2 atom stereocenters. The molecule has 2 N–H and O–H groups in total. The zero-order chi connectivity index (χ0) is 36.6. The summed E-state index contributed by atoms with van der Waals surface area (Å²) in [4.78, 5) is 54.3. The van der Waals surface area contributed by atoms with Gasteiger partial charge in [-0.15, -0.1) is 11.6 Å². The van der Waals surface area contributed by atoms with Crippen LogP contribution in [0.1, 0.15) is 62.8 Å². The zero-order valence-electron chi connectivity index (χ0n) is 28.5. The highest BCUT2D eigenvalue weighted by Gasteiger charge is 2.38. The number of halogens is 1. The van der Waals surface area contributed by atoms with Gasteiger partial charge in [0.2, 0.25) is 11.4 Å². The van der Waals surface area contributed by atoms with Gasteiger partial charge in [0.05, 0.1) is 57.4 Å². The number of H-pyrrole nitrogens is 1. The van der Waals surface area contributed by atoms with Gasteiger partial charge in [0.25, 0.3) is 0 Å². The van der Waals surface area contributed by atoms with Gasteiger partial charge in [0.1, 0.15) is 6.61 Å². The summed E-state index contributed by atoms with van der Waals surface area (Å²) in [7, 11) is 5.88. The second-order valence-corrected chi connectivity index (χ2v) is 12.2. The molecule has 266 valence electrons. The number of carbonyl (C=O) groups is 3. The molecule has 0 saturated carbocycles. The van der Waals surface area contributed by atoms with E-state index in [1.807, 2.05) is 24.3 Å². The van der Waals surface area contributed by atoms with Crippen LogP contribution in [0, 0.1) is 10.1 Å². The quantitative estimate of drug-likeness (QED) is 0.0441. The first-order chi connectivity index (χ1) is 24.6. The topological polar surface area (TPSA) is 173 Å². The summed E-state index contributed by atoms with van der Waals surface area (Å²) in [6.45, 7) is 1.21. The number of hydrogen-bond acceptors (Lipinski definition) is 10. The molecule has 15 heteroatoms. The molecular weight excluding hydrogens is 684 g/mol. The van der Waals surface area contributed by atoms with Crippen LogP contribution in [0.5, 0.6) is 17.2 Å². The third-order valence-corrected chi connectivity index (χ3v) is 9.51. The fourth-order valence-electron chi connectivity index (χ4n) is 6.94. The van der Waals surface area contributed by atoms with Gasteiger partial charge in [-0.3, -0.25) is 10.1 Å². The summed E-state index contributed by atoms with van der Waals surface area (Å²) in [5.41, 5.74) is 2.88. The van der Waals surface area contributed by atoms with Crippen molar-refractivity contribution in [3.05, 3.63) is 86.7 Å². The maximum absolute atomic E-state index is 14.3. The summed E-state index contributed by atoms with van der Waals surface area (Å²) in [6.07, 6.45) is -0.453. The van der Waals surface area contributed by atoms with E-state index in [4.69, 9.17) is 35.3 Å². The minimum Gasteiger partial charge on any atom is -0.493 e. The lowest BCUT2D eigenvalue weighted by Crippen LogP contribution is -2.15. The summed E-state index contributed by atoms with van der Waals surface area (Å²) < 4.78 is 28.1. The predicted octanol–water partition coefficient (Wildman–Crippen LogP) is 7.21. The maximum atomic E-state index is 14.3. The van der Waals surface area contributed by atoms with E-state index in [0.717, 1.165) is 15.5 Å². The summed E-state index contributed by atoms with van der Waals surface area (Å²) in [6, 6.07) is 14.0. The Kier molecular flexibility index (Phi) is 9.79. The van der Waals surface area contributed by atoms with Crippen molar-refractivity contribution in [3.8, 4) is 17.2 Å². The van der Waals surface area contributed by atoms with Gasteiger partial charge in [-0.1, -0.05) is 24.3 Å². The van der Waals surface area contributed by atoms with E-state index in [1.165, 1.54) is 34.4 Å². The highest BCUT2D eigenvalue weighted by molar-refractivity contribution is 6.19. The number of esters is 1. The number of aromatic amines is 1. The molecule has 0 bridgehead atoms. The molecule has 2 heterocycles. The van der Waals surface area contributed by atoms with Gasteiger partial charge in [0, 0.05) is 28.6 Å². The molecule has 2 aromatic heterocycles. The Morgan fingerprint density at radius 1 is 1.02 bits per heavy atom. The van der Waals surface area contributed by atoms with Crippen LogP contribution in [-0.4, -0.2) is 66.1 Å².